The molecule has 1 heterocycles. The third kappa shape index (κ3) is 5.74. The van der Waals surface area contributed by atoms with Crippen molar-refractivity contribution >= 4 is 12.1 Å². The predicted octanol–water partition coefficient (Wildman–Crippen LogP) is 3.45. The van der Waals surface area contributed by atoms with E-state index >= 15 is 0 Å². The number of nitriles is 1. The first kappa shape index (κ1) is 21.2. The number of hydrogen-bond donors (Lipinski definition) is 0. The maximum absolute atomic E-state index is 12.0. The minimum absolute atomic E-state index is 0.114. The molecule has 0 spiro atoms. The fraction of sp³-hybridized carbons (Fsp3) is 0.348. The van der Waals surface area contributed by atoms with Crippen LogP contribution in [-0.4, -0.2) is 42.8 Å². The molecule has 2 aromatic carbocycles. The number of rotatable bonds is 9. The average Bonchev–Trinajstić information content (AvgIpc) is 3.11. The van der Waals surface area contributed by atoms with Gasteiger partial charge in [0.1, 0.15) is 19.0 Å². The van der Waals surface area contributed by atoms with Crippen LogP contribution in [0.25, 0.3) is 0 Å². The van der Waals surface area contributed by atoms with Crippen molar-refractivity contribution in [3.63, 3.8) is 0 Å². The van der Waals surface area contributed by atoms with Crippen molar-refractivity contribution in [1.29, 1.82) is 5.26 Å². The van der Waals surface area contributed by atoms with Crippen LogP contribution in [0, 0.1) is 11.3 Å². The second-order valence-corrected chi connectivity index (χ2v) is 6.92. The average molecular weight is 408 g/mol. The van der Waals surface area contributed by atoms with Gasteiger partial charge in [-0.15, -0.1) is 0 Å². The van der Waals surface area contributed by atoms with E-state index in [2.05, 4.69) is 6.07 Å². The lowest BCUT2D eigenvalue weighted by Crippen LogP contribution is -2.36. The molecule has 1 amide bonds. The van der Waals surface area contributed by atoms with Crippen molar-refractivity contribution in [2.45, 2.75) is 32.4 Å². The Morgan fingerprint density at radius 3 is 2.53 bits per heavy atom. The molecule has 0 bridgehead atoms. The summed E-state index contributed by atoms with van der Waals surface area (Å²) in [5, 5.41) is 8.84. The molecule has 1 aliphatic heterocycles. The number of hydrogen-bond acceptors (Lipinski definition) is 6. The van der Waals surface area contributed by atoms with Crippen LogP contribution >= 0.6 is 0 Å². The third-order valence-electron chi connectivity index (χ3n) is 4.82. The first-order chi connectivity index (χ1) is 14.6. The summed E-state index contributed by atoms with van der Waals surface area (Å²) in [6, 6.07) is 16.9. The molecule has 0 N–H and O–H groups in total. The van der Waals surface area contributed by atoms with E-state index in [9.17, 15) is 9.59 Å². The minimum Gasteiger partial charge on any atom is -0.489 e. The van der Waals surface area contributed by atoms with Crippen LogP contribution < -0.4 is 4.74 Å². The molecule has 1 fully saturated rings. The zero-order valence-electron chi connectivity index (χ0n) is 16.9. The van der Waals surface area contributed by atoms with Crippen molar-refractivity contribution in [3.8, 4) is 11.8 Å². The molecule has 30 heavy (non-hydrogen) atoms. The Morgan fingerprint density at radius 2 is 1.87 bits per heavy atom. The molecule has 1 aliphatic rings. The summed E-state index contributed by atoms with van der Waals surface area (Å²) in [7, 11) is 0. The lowest BCUT2D eigenvalue weighted by molar-refractivity contribution is -0.143. The van der Waals surface area contributed by atoms with Gasteiger partial charge in [-0.05, 0) is 48.7 Å². The van der Waals surface area contributed by atoms with E-state index in [1.807, 2.05) is 36.4 Å². The summed E-state index contributed by atoms with van der Waals surface area (Å²) < 4.78 is 15.9. The topological polar surface area (TPSA) is 88.9 Å². The van der Waals surface area contributed by atoms with Crippen LogP contribution in [0.1, 0.15) is 30.0 Å². The van der Waals surface area contributed by atoms with E-state index in [0.29, 0.717) is 31.8 Å². The Balaban J connectivity index is 1.51. The number of esters is 1. The van der Waals surface area contributed by atoms with Gasteiger partial charge in [0.2, 0.25) is 0 Å². The number of nitrogens with zero attached hydrogens (tertiary/aromatic N) is 2. The molecule has 0 aromatic heterocycles. The first-order valence-corrected chi connectivity index (χ1v) is 9.89. The van der Waals surface area contributed by atoms with Gasteiger partial charge in [0.25, 0.3) is 0 Å². The molecule has 1 atom stereocenters. The summed E-state index contributed by atoms with van der Waals surface area (Å²) in [4.78, 5) is 25.1. The second kappa shape index (κ2) is 10.3. The van der Waals surface area contributed by atoms with Crippen molar-refractivity contribution in [2.24, 2.45) is 0 Å². The van der Waals surface area contributed by atoms with Gasteiger partial charge in [0, 0.05) is 6.54 Å². The molecule has 7 nitrogen and oxygen atoms in total. The maximum atomic E-state index is 12.0. The number of carbonyl (C=O) groups excluding carboxylic acids is 2. The molecule has 1 saturated heterocycles. The van der Waals surface area contributed by atoms with Gasteiger partial charge in [-0.25, -0.2) is 4.79 Å². The second-order valence-electron chi connectivity index (χ2n) is 6.92. The van der Waals surface area contributed by atoms with E-state index in [4.69, 9.17) is 19.5 Å². The Bertz CT molecular complexity index is 903. The van der Waals surface area contributed by atoms with E-state index in [0.717, 1.165) is 16.9 Å². The molecule has 0 saturated carbocycles. The van der Waals surface area contributed by atoms with Crippen LogP contribution in [0.2, 0.25) is 0 Å². The van der Waals surface area contributed by atoms with Crippen molar-refractivity contribution in [3.05, 3.63) is 65.2 Å². The van der Waals surface area contributed by atoms with Gasteiger partial charge in [0.05, 0.1) is 30.7 Å². The standard InChI is InChI=1S/C23H24N2O5/c1-2-28-22(26)11-12-25-20(16-30-23(25)27)13-17-7-9-21(10-8-17)29-15-19-5-3-18(14-24)4-6-19/h3-10,20H,2,11-13,15-16H2,1H3/t20-/m0/s1. The van der Waals surface area contributed by atoms with E-state index in [1.165, 1.54) is 0 Å². The molecule has 0 aliphatic carbocycles. The van der Waals surface area contributed by atoms with Crippen LogP contribution in [0.3, 0.4) is 0 Å². The molecular formula is C23H24N2O5. The molecular weight excluding hydrogens is 384 g/mol. The van der Waals surface area contributed by atoms with Gasteiger partial charge in [-0.1, -0.05) is 24.3 Å². The maximum Gasteiger partial charge on any atom is 0.410 e. The highest BCUT2D eigenvalue weighted by atomic mass is 16.6. The van der Waals surface area contributed by atoms with Crippen LogP contribution in [0.15, 0.2) is 48.5 Å². The zero-order valence-corrected chi connectivity index (χ0v) is 16.9. The van der Waals surface area contributed by atoms with Gasteiger partial charge in [-0.2, -0.15) is 5.26 Å². The lowest BCUT2D eigenvalue weighted by Gasteiger charge is -2.21. The molecule has 7 heteroatoms. The molecule has 3 rings (SSSR count). The van der Waals surface area contributed by atoms with Crippen molar-refractivity contribution < 1.29 is 23.8 Å². The number of ether oxygens (including phenoxy) is 3. The summed E-state index contributed by atoms with van der Waals surface area (Å²) in [6.45, 7) is 3.08. The molecule has 2 aromatic rings. The molecule has 0 radical (unpaired) electrons. The fourth-order valence-corrected chi connectivity index (χ4v) is 3.21. The van der Waals surface area contributed by atoms with Gasteiger partial charge >= 0.3 is 12.1 Å². The van der Waals surface area contributed by atoms with Crippen LogP contribution in [0.4, 0.5) is 4.79 Å². The smallest absolute Gasteiger partial charge is 0.410 e. The number of amides is 1. The summed E-state index contributed by atoms with van der Waals surface area (Å²) in [5.41, 5.74) is 2.65. The Kier molecular flexibility index (Phi) is 7.28. The zero-order chi connectivity index (χ0) is 21.3. The fourth-order valence-electron chi connectivity index (χ4n) is 3.21. The Hall–Kier alpha value is -3.53. The SMILES string of the molecule is CCOC(=O)CCN1C(=O)OC[C@@H]1Cc1ccc(OCc2ccc(C#N)cc2)cc1. The van der Waals surface area contributed by atoms with Crippen molar-refractivity contribution in [2.75, 3.05) is 19.8 Å². The van der Waals surface area contributed by atoms with Crippen molar-refractivity contribution in [1.82, 2.24) is 4.90 Å². The largest absolute Gasteiger partial charge is 0.489 e. The quantitative estimate of drug-likeness (QED) is 0.591. The summed E-state index contributed by atoms with van der Waals surface area (Å²) in [6.07, 6.45) is 0.387. The number of benzene rings is 2. The highest BCUT2D eigenvalue weighted by Crippen LogP contribution is 2.20. The third-order valence-corrected chi connectivity index (χ3v) is 4.82. The highest BCUT2D eigenvalue weighted by molar-refractivity contribution is 5.73. The monoisotopic (exact) mass is 408 g/mol. The van der Waals surface area contributed by atoms with Gasteiger partial charge in [0.15, 0.2) is 0 Å². The summed E-state index contributed by atoms with van der Waals surface area (Å²) >= 11 is 0. The number of cyclic esters (lactones) is 1. The lowest BCUT2D eigenvalue weighted by atomic mass is 10.1. The van der Waals surface area contributed by atoms with Gasteiger partial charge < -0.3 is 19.1 Å². The van der Waals surface area contributed by atoms with Crippen LogP contribution in [0.5, 0.6) is 5.75 Å². The predicted molar refractivity (Wildman–Crippen MR) is 109 cm³/mol. The summed E-state index contributed by atoms with van der Waals surface area (Å²) in [5.74, 6) is 0.417. The van der Waals surface area contributed by atoms with Gasteiger partial charge in [-0.3, -0.25) is 4.79 Å². The highest BCUT2D eigenvalue weighted by Gasteiger charge is 2.33. The van der Waals surface area contributed by atoms with E-state index in [1.54, 1.807) is 24.0 Å². The normalized spacial score (nSPS) is 15.4. The van der Waals surface area contributed by atoms with Crippen LogP contribution in [-0.2, 0) is 27.3 Å². The Morgan fingerprint density at radius 1 is 1.17 bits per heavy atom. The number of carbonyl (C=O) groups is 2. The first-order valence-electron chi connectivity index (χ1n) is 9.89. The Labute approximate surface area is 175 Å². The molecule has 156 valence electrons. The van der Waals surface area contributed by atoms with E-state index < -0.39 is 6.09 Å². The minimum atomic E-state index is -0.397. The molecule has 0 unspecified atom stereocenters. The van der Waals surface area contributed by atoms with E-state index in [-0.39, 0.29) is 25.0 Å².